The summed E-state index contributed by atoms with van der Waals surface area (Å²) in [7, 11) is -4.13. The van der Waals surface area contributed by atoms with E-state index in [0.29, 0.717) is 27.0 Å². The van der Waals surface area contributed by atoms with Gasteiger partial charge in [-0.05, 0) is 35.9 Å². The lowest BCUT2D eigenvalue weighted by Crippen LogP contribution is -2.39. The van der Waals surface area contributed by atoms with Gasteiger partial charge in [0.2, 0.25) is 10.0 Å². The van der Waals surface area contributed by atoms with Gasteiger partial charge in [-0.25, -0.2) is 13.8 Å². The fraction of sp³-hybridized carbons (Fsp3) is 0.176. The van der Waals surface area contributed by atoms with E-state index in [9.17, 15) is 26.4 Å². The van der Waals surface area contributed by atoms with Crippen molar-refractivity contribution in [1.82, 2.24) is 5.43 Å². The van der Waals surface area contributed by atoms with Crippen molar-refractivity contribution < 1.29 is 26.4 Å². The number of halogens is 5. The van der Waals surface area contributed by atoms with Crippen LogP contribution < -0.4 is 9.73 Å². The Kier molecular flexibility index (Phi) is 7.15. The van der Waals surface area contributed by atoms with Gasteiger partial charge in [-0.1, -0.05) is 35.3 Å². The van der Waals surface area contributed by atoms with Crippen molar-refractivity contribution >= 4 is 51.0 Å². The van der Waals surface area contributed by atoms with Crippen LogP contribution in [0.25, 0.3) is 0 Å². The Balaban J connectivity index is 2.23. The number of hydrazone groups is 1. The SMILES string of the molecule is CS(=O)(=O)N(CC(=O)N/N=C\c1cccc(Cl)c1)c1cc(C(F)(F)F)ccc1Cl. The first kappa shape index (κ1) is 23.0. The van der Waals surface area contributed by atoms with E-state index in [4.69, 9.17) is 23.2 Å². The zero-order valence-corrected chi connectivity index (χ0v) is 17.1. The molecule has 0 heterocycles. The van der Waals surface area contributed by atoms with E-state index in [2.05, 4.69) is 10.5 Å². The molecule has 0 aliphatic heterocycles. The summed E-state index contributed by atoms with van der Waals surface area (Å²) in [5.41, 5.74) is 1.09. The molecule has 0 aliphatic carbocycles. The van der Waals surface area contributed by atoms with E-state index >= 15 is 0 Å². The number of benzene rings is 2. The summed E-state index contributed by atoms with van der Waals surface area (Å²) in [6, 6.07) is 8.71. The topological polar surface area (TPSA) is 78.8 Å². The molecule has 2 aromatic carbocycles. The highest BCUT2D eigenvalue weighted by molar-refractivity contribution is 7.92. The molecule has 2 rings (SSSR count). The molecule has 0 unspecified atom stereocenters. The van der Waals surface area contributed by atoms with Crippen molar-refractivity contribution in [2.75, 3.05) is 17.1 Å². The second kappa shape index (κ2) is 9.02. The van der Waals surface area contributed by atoms with Gasteiger partial charge in [-0.3, -0.25) is 9.10 Å². The van der Waals surface area contributed by atoms with Gasteiger partial charge in [0.05, 0.1) is 28.7 Å². The number of anilines is 1. The third-order valence-corrected chi connectivity index (χ3v) is 5.16. The number of amides is 1. The van der Waals surface area contributed by atoms with Gasteiger partial charge in [0.25, 0.3) is 5.91 Å². The number of rotatable bonds is 6. The molecule has 0 radical (unpaired) electrons. The third kappa shape index (κ3) is 6.62. The van der Waals surface area contributed by atoms with Crippen LogP contribution in [-0.4, -0.2) is 33.3 Å². The molecular weight excluding hydrogens is 454 g/mol. The number of alkyl halides is 3. The lowest BCUT2D eigenvalue weighted by Gasteiger charge is -2.23. The highest BCUT2D eigenvalue weighted by Gasteiger charge is 2.33. The van der Waals surface area contributed by atoms with Crippen LogP contribution in [-0.2, 0) is 21.0 Å². The molecule has 1 amide bonds. The number of nitrogens with zero attached hydrogens (tertiary/aromatic N) is 2. The Hall–Kier alpha value is -2.30. The fourth-order valence-electron chi connectivity index (χ4n) is 2.19. The molecule has 0 atom stereocenters. The zero-order valence-electron chi connectivity index (χ0n) is 14.7. The molecule has 12 heteroatoms. The van der Waals surface area contributed by atoms with E-state index in [-0.39, 0.29) is 5.02 Å². The summed E-state index contributed by atoms with van der Waals surface area (Å²) in [4.78, 5) is 12.1. The number of carbonyl (C=O) groups is 1. The van der Waals surface area contributed by atoms with Crippen LogP contribution in [0.4, 0.5) is 18.9 Å². The van der Waals surface area contributed by atoms with Gasteiger partial charge in [0, 0.05) is 5.02 Å². The maximum atomic E-state index is 13.0. The van der Waals surface area contributed by atoms with E-state index in [1.54, 1.807) is 24.3 Å². The van der Waals surface area contributed by atoms with Gasteiger partial charge in [0.1, 0.15) is 6.54 Å². The van der Waals surface area contributed by atoms with Gasteiger partial charge in [-0.2, -0.15) is 18.3 Å². The molecule has 0 saturated carbocycles. The maximum Gasteiger partial charge on any atom is 0.416 e. The summed E-state index contributed by atoms with van der Waals surface area (Å²) in [6.07, 6.45) is -2.70. The number of hydrogen-bond acceptors (Lipinski definition) is 4. The second-order valence-electron chi connectivity index (χ2n) is 5.78. The van der Waals surface area contributed by atoms with Crippen molar-refractivity contribution in [3.05, 3.63) is 63.6 Å². The van der Waals surface area contributed by atoms with Gasteiger partial charge in [0.15, 0.2) is 0 Å². The molecule has 6 nitrogen and oxygen atoms in total. The molecule has 2 aromatic rings. The Bertz CT molecular complexity index is 1040. The molecule has 29 heavy (non-hydrogen) atoms. The molecule has 1 N–H and O–H groups in total. The lowest BCUT2D eigenvalue weighted by atomic mass is 10.2. The molecule has 0 fully saturated rings. The zero-order chi connectivity index (χ0) is 21.8. The highest BCUT2D eigenvalue weighted by atomic mass is 35.5. The molecule has 0 bridgehead atoms. The number of nitrogens with one attached hydrogen (secondary N) is 1. The number of sulfonamides is 1. The Morgan fingerprint density at radius 3 is 2.48 bits per heavy atom. The van der Waals surface area contributed by atoms with Crippen LogP contribution in [0.15, 0.2) is 47.6 Å². The average Bonchev–Trinajstić information content (AvgIpc) is 2.58. The predicted molar refractivity (Wildman–Crippen MR) is 106 cm³/mol. The first-order valence-electron chi connectivity index (χ1n) is 7.80. The van der Waals surface area contributed by atoms with E-state index in [1.165, 1.54) is 6.21 Å². The van der Waals surface area contributed by atoms with Crippen molar-refractivity contribution in [2.24, 2.45) is 5.10 Å². The Morgan fingerprint density at radius 2 is 1.90 bits per heavy atom. The van der Waals surface area contributed by atoms with Crippen LogP contribution in [0.5, 0.6) is 0 Å². The number of hydrogen-bond donors (Lipinski definition) is 1. The third-order valence-electron chi connectivity index (χ3n) is 3.48. The number of carbonyl (C=O) groups excluding carboxylic acids is 1. The maximum absolute atomic E-state index is 13.0. The monoisotopic (exact) mass is 467 g/mol. The quantitative estimate of drug-likeness (QED) is 0.516. The van der Waals surface area contributed by atoms with E-state index < -0.39 is 39.9 Å². The van der Waals surface area contributed by atoms with Crippen LogP contribution in [0.3, 0.4) is 0 Å². The minimum atomic E-state index is -4.72. The Morgan fingerprint density at radius 1 is 1.21 bits per heavy atom. The first-order chi connectivity index (χ1) is 13.4. The predicted octanol–water partition coefficient (Wildman–Crippen LogP) is 3.93. The summed E-state index contributed by atoms with van der Waals surface area (Å²) in [5.74, 6) is -0.887. The van der Waals surface area contributed by atoms with Crippen molar-refractivity contribution in [1.29, 1.82) is 0 Å². The van der Waals surface area contributed by atoms with E-state index in [1.807, 2.05) is 0 Å². The normalized spacial score (nSPS) is 12.2. The standard InChI is InChI=1S/C17H14Cl2F3N3O3S/c1-29(27,28)25(15-8-12(17(20,21)22)5-6-14(15)19)10-16(26)24-23-9-11-3-2-4-13(18)7-11/h2-9H,10H2,1H3,(H,24,26)/b23-9-. The first-order valence-corrected chi connectivity index (χ1v) is 10.4. The molecular formula is C17H14Cl2F3N3O3S. The lowest BCUT2D eigenvalue weighted by molar-refractivity contribution is -0.137. The highest BCUT2D eigenvalue weighted by Crippen LogP contribution is 2.36. The van der Waals surface area contributed by atoms with Crippen molar-refractivity contribution in [3.8, 4) is 0 Å². The molecule has 156 valence electrons. The van der Waals surface area contributed by atoms with Crippen LogP contribution >= 0.6 is 23.2 Å². The fourth-order valence-corrected chi connectivity index (χ4v) is 3.52. The summed E-state index contributed by atoms with van der Waals surface area (Å²) < 4.78 is 63.5. The van der Waals surface area contributed by atoms with Gasteiger partial charge in [-0.15, -0.1) is 0 Å². The van der Waals surface area contributed by atoms with Gasteiger partial charge < -0.3 is 0 Å². The van der Waals surface area contributed by atoms with Crippen LogP contribution in [0, 0.1) is 0 Å². The van der Waals surface area contributed by atoms with Crippen molar-refractivity contribution in [3.63, 3.8) is 0 Å². The molecule has 0 aliphatic rings. The smallest absolute Gasteiger partial charge is 0.271 e. The summed E-state index contributed by atoms with van der Waals surface area (Å²) >= 11 is 11.7. The largest absolute Gasteiger partial charge is 0.416 e. The van der Waals surface area contributed by atoms with E-state index in [0.717, 1.165) is 12.3 Å². The molecule has 0 saturated heterocycles. The Labute approximate surface area is 175 Å². The minimum Gasteiger partial charge on any atom is -0.271 e. The molecule has 0 aromatic heterocycles. The molecule has 0 spiro atoms. The average molecular weight is 468 g/mol. The summed E-state index contributed by atoms with van der Waals surface area (Å²) in [5, 5.41) is 3.85. The van der Waals surface area contributed by atoms with Crippen LogP contribution in [0.2, 0.25) is 10.0 Å². The minimum absolute atomic E-state index is 0.265. The summed E-state index contributed by atoms with van der Waals surface area (Å²) in [6.45, 7) is -0.827. The van der Waals surface area contributed by atoms with Crippen LogP contribution in [0.1, 0.15) is 11.1 Å². The van der Waals surface area contributed by atoms with Gasteiger partial charge >= 0.3 is 6.18 Å². The van der Waals surface area contributed by atoms with Crippen molar-refractivity contribution in [2.45, 2.75) is 6.18 Å². The second-order valence-corrected chi connectivity index (χ2v) is 8.53.